The lowest BCUT2D eigenvalue weighted by Crippen LogP contribution is -2.47. The van der Waals surface area contributed by atoms with Crippen molar-refractivity contribution in [3.05, 3.63) is 0 Å². The van der Waals surface area contributed by atoms with Crippen molar-refractivity contribution in [2.45, 2.75) is 25.7 Å². The fraction of sp³-hybridized carbons (Fsp3) is 0.727. The average Bonchev–Trinajstić information content (AvgIpc) is 2.94. The van der Waals surface area contributed by atoms with Crippen molar-refractivity contribution >= 4 is 17.8 Å². The number of amides is 4. The van der Waals surface area contributed by atoms with E-state index in [1.807, 2.05) is 0 Å². The van der Waals surface area contributed by atoms with E-state index in [-0.39, 0.29) is 24.3 Å². The second-order valence-corrected chi connectivity index (χ2v) is 5.20. The van der Waals surface area contributed by atoms with E-state index in [1.54, 1.807) is 0 Å². The van der Waals surface area contributed by atoms with Crippen molar-refractivity contribution < 1.29 is 14.4 Å². The Morgan fingerprint density at radius 3 is 2.65 bits per heavy atom. The van der Waals surface area contributed by atoms with Gasteiger partial charge in [0, 0.05) is 5.92 Å². The summed E-state index contributed by atoms with van der Waals surface area (Å²) in [5.74, 6) is 0.702. The fourth-order valence-corrected chi connectivity index (χ4v) is 3.31. The molecule has 2 saturated carbocycles. The van der Waals surface area contributed by atoms with Crippen LogP contribution in [0.1, 0.15) is 25.7 Å². The zero-order chi connectivity index (χ0) is 12.0. The highest BCUT2D eigenvalue weighted by atomic mass is 16.2. The molecule has 4 amide bonds. The highest BCUT2D eigenvalue weighted by Gasteiger charge is 2.44. The number of hydrogen-bond acceptors (Lipinski definition) is 3. The highest BCUT2D eigenvalue weighted by molar-refractivity contribution is 6.02. The van der Waals surface area contributed by atoms with E-state index in [0.29, 0.717) is 11.8 Å². The molecule has 0 spiro atoms. The van der Waals surface area contributed by atoms with Gasteiger partial charge in [-0.1, -0.05) is 6.42 Å². The molecule has 0 radical (unpaired) electrons. The highest BCUT2D eigenvalue weighted by Crippen LogP contribution is 2.48. The maximum atomic E-state index is 12.0. The first-order valence-corrected chi connectivity index (χ1v) is 6.05. The molecule has 3 rings (SSSR count). The van der Waals surface area contributed by atoms with Gasteiger partial charge in [-0.3, -0.25) is 20.3 Å². The molecule has 6 heteroatoms. The third kappa shape index (κ3) is 1.77. The number of fused-ring (bicyclic) bond motifs is 2. The number of urea groups is 1. The first-order chi connectivity index (χ1) is 8.13. The van der Waals surface area contributed by atoms with Crippen LogP contribution in [0.4, 0.5) is 4.79 Å². The molecule has 0 aromatic rings. The molecule has 1 aliphatic heterocycles. The van der Waals surface area contributed by atoms with Gasteiger partial charge in [0.05, 0.1) is 0 Å². The van der Waals surface area contributed by atoms with Crippen molar-refractivity contribution in [2.24, 2.45) is 17.8 Å². The number of imide groups is 1. The van der Waals surface area contributed by atoms with E-state index in [0.717, 1.165) is 24.3 Å². The third-order valence-electron chi connectivity index (χ3n) is 4.11. The predicted octanol–water partition coefficient (Wildman–Crippen LogP) is 0.00560. The van der Waals surface area contributed by atoms with Crippen molar-refractivity contribution in [3.63, 3.8) is 0 Å². The molecule has 2 aliphatic carbocycles. The molecule has 3 aliphatic rings. The van der Waals surface area contributed by atoms with Gasteiger partial charge in [-0.2, -0.15) is 0 Å². The van der Waals surface area contributed by atoms with Crippen molar-refractivity contribution in [3.8, 4) is 0 Å². The summed E-state index contributed by atoms with van der Waals surface area (Å²) in [5, 5.41) is 3.20. The summed E-state index contributed by atoms with van der Waals surface area (Å²) in [6.07, 6.45) is 4.42. The van der Waals surface area contributed by atoms with Crippen LogP contribution in [0.5, 0.6) is 0 Å². The van der Waals surface area contributed by atoms with E-state index >= 15 is 0 Å². The molecular formula is C11H15N3O3. The van der Waals surface area contributed by atoms with Gasteiger partial charge in [0.2, 0.25) is 11.8 Å². The molecule has 1 heterocycles. The zero-order valence-electron chi connectivity index (χ0n) is 9.44. The minimum absolute atomic E-state index is 0.0252. The minimum atomic E-state index is -0.536. The number of nitrogens with zero attached hydrogens (tertiary/aromatic N) is 1. The van der Waals surface area contributed by atoms with E-state index in [2.05, 4.69) is 10.7 Å². The van der Waals surface area contributed by atoms with E-state index in [4.69, 9.17) is 0 Å². The van der Waals surface area contributed by atoms with E-state index in [9.17, 15) is 14.4 Å². The van der Waals surface area contributed by atoms with Gasteiger partial charge in [0.15, 0.2) is 0 Å². The number of hydrazine groups is 1. The van der Waals surface area contributed by atoms with Crippen LogP contribution in [0.25, 0.3) is 0 Å². The quantitative estimate of drug-likeness (QED) is 0.664. The van der Waals surface area contributed by atoms with Gasteiger partial charge in [0.1, 0.15) is 6.54 Å². The zero-order valence-corrected chi connectivity index (χ0v) is 9.44. The summed E-state index contributed by atoms with van der Waals surface area (Å²) >= 11 is 0. The van der Waals surface area contributed by atoms with Crippen LogP contribution in [0.2, 0.25) is 0 Å². The largest absolute Gasteiger partial charge is 0.343 e. The smallest absolute Gasteiger partial charge is 0.275 e. The first kappa shape index (κ1) is 10.6. The SMILES string of the molecule is O=C1CN(NC(=O)[C@@H]2C[C@H]3CC[C@H]2C3)C(=O)N1. The molecule has 92 valence electrons. The molecule has 6 nitrogen and oxygen atoms in total. The molecule has 2 N–H and O–H groups in total. The summed E-state index contributed by atoms with van der Waals surface area (Å²) in [4.78, 5) is 34.2. The molecule has 2 bridgehead atoms. The molecule has 3 fully saturated rings. The van der Waals surface area contributed by atoms with Crippen LogP contribution < -0.4 is 10.7 Å². The van der Waals surface area contributed by atoms with Gasteiger partial charge in [-0.25, -0.2) is 9.80 Å². The lowest BCUT2D eigenvalue weighted by atomic mass is 9.88. The lowest BCUT2D eigenvalue weighted by molar-refractivity contribution is -0.130. The Bertz CT molecular complexity index is 395. The number of carbonyl (C=O) groups excluding carboxylic acids is 3. The second kappa shape index (κ2) is 3.72. The topological polar surface area (TPSA) is 78.5 Å². The first-order valence-electron chi connectivity index (χ1n) is 6.05. The van der Waals surface area contributed by atoms with Crippen LogP contribution >= 0.6 is 0 Å². The molecule has 17 heavy (non-hydrogen) atoms. The van der Waals surface area contributed by atoms with Gasteiger partial charge >= 0.3 is 6.03 Å². The van der Waals surface area contributed by atoms with Crippen LogP contribution in [0.3, 0.4) is 0 Å². The third-order valence-corrected chi connectivity index (χ3v) is 4.11. The number of rotatable bonds is 2. The Morgan fingerprint density at radius 1 is 1.29 bits per heavy atom. The Hall–Kier alpha value is -1.59. The van der Waals surface area contributed by atoms with Crippen molar-refractivity contribution in [2.75, 3.05) is 6.54 Å². The molecule has 3 atom stereocenters. The Balaban J connectivity index is 1.60. The number of nitrogens with one attached hydrogen (secondary N) is 2. The average molecular weight is 237 g/mol. The maximum absolute atomic E-state index is 12.0. The molecule has 0 aromatic carbocycles. The summed E-state index contributed by atoms with van der Waals surface area (Å²) in [6.45, 7) is -0.0780. The second-order valence-electron chi connectivity index (χ2n) is 5.20. The molecular weight excluding hydrogens is 222 g/mol. The molecule has 0 unspecified atom stereocenters. The number of carbonyl (C=O) groups is 3. The minimum Gasteiger partial charge on any atom is -0.275 e. The molecule has 0 aromatic heterocycles. The number of hydrogen-bond donors (Lipinski definition) is 2. The predicted molar refractivity (Wildman–Crippen MR) is 57.3 cm³/mol. The fourth-order valence-electron chi connectivity index (χ4n) is 3.31. The Kier molecular flexibility index (Phi) is 2.31. The summed E-state index contributed by atoms with van der Waals surface area (Å²) in [6, 6.07) is -0.536. The van der Waals surface area contributed by atoms with Gasteiger partial charge in [0.25, 0.3) is 0 Å². The molecule has 1 saturated heterocycles. The van der Waals surface area contributed by atoms with Crippen LogP contribution in [0, 0.1) is 17.8 Å². The van der Waals surface area contributed by atoms with Gasteiger partial charge in [-0.05, 0) is 31.1 Å². The lowest BCUT2D eigenvalue weighted by Gasteiger charge is -2.23. The van der Waals surface area contributed by atoms with Gasteiger partial charge < -0.3 is 0 Å². The van der Waals surface area contributed by atoms with E-state index < -0.39 is 6.03 Å². The summed E-state index contributed by atoms with van der Waals surface area (Å²) in [5.41, 5.74) is 2.55. The summed E-state index contributed by atoms with van der Waals surface area (Å²) in [7, 11) is 0. The van der Waals surface area contributed by atoms with Crippen LogP contribution in [-0.2, 0) is 9.59 Å². The van der Waals surface area contributed by atoms with Crippen LogP contribution in [0.15, 0.2) is 0 Å². The van der Waals surface area contributed by atoms with E-state index in [1.165, 1.54) is 6.42 Å². The normalized spacial score (nSPS) is 35.3. The maximum Gasteiger partial charge on any atom is 0.343 e. The monoisotopic (exact) mass is 237 g/mol. The Labute approximate surface area is 98.7 Å². The summed E-state index contributed by atoms with van der Waals surface area (Å²) < 4.78 is 0. The standard InChI is InChI=1S/C11H15N3O3/c15-9-5-14(11(17)12-9)13-10(16)8-4-6-1-2-7(8)3-6/h6-8H,1-5H2,(H,13,16)(H,12,15,17)/t6-,7-,8+/m0/s1. The van der Waals surface area contributed by atoms with Crippen molar-refractivity contribution in [1.82, 2.24) is 15.8 Å². The van der Waals surface area contributed by atoms with Crippen molar-refractivity contribution in [1.29, 1.82) is 0 Å². The van der Waals surface area contributed by atoms with Gasteiger partial charge in [-0.15, -0.1) is 0 Å². The Morgan fingerprint density at radius 2 is 2.12 bits per heavy atom. The van der Waals surface area contributed by atoms with Crippen LogP contribution in [-0.4, -0.2) is 29.4 Å².